The fourth-order valence-corrected chi connectivity index (χ4v) is 1.81. The molecule has 0 amide bonds. The number of hydrogen-bond acceptors (Lipinski definition) is 1. The van der Waals surface area contributed by atoms with Gasteiger partial charge in [0, 0.05) is 5.02 Å². The Balaban J connectivity index is 2.78. The van der Waals surface area contributed by atoms with Gasteiger partial charge in [0.15, 0.2) is 0 Å². The Morgan fingerprint density at radius 1 is 1.47 bits per heavy atom. The van der Waals surface area contributed by atoms with Gasteiger partial charge in [0.25, 0.3) is 0 Å². The lowest BCUT2D eigenvalue weighted by Crippen LogP contribution is -1.97. The van der Waals surface area contributed by atoms with Crippen molar-refractivity contribution < 1.29 is 4.74 Å². The summed E-state index contributed by atoms with van der Waals surface area (Å²) in [5.41, 5.74) is 1.17. The molecule has 0 aliphatic heterocycles. The van der Waals surface area contributed by atoms with Crippen molar-refractivity contribution in [1.82, 2.24) is 0 Å². The monoisotopic (exact) mass is 224 g/mol. The lowest BCUT2D eigenvalue weighted by atomic mass is 10.0. The molecule has 0 spiro atoms. The summed E-state index contributed by atoms with van der Waals surface area (Å²) in [4.78, 5) is 0. The Morgan fingerprint density at radius 2 is 2.20 bits per heavy atom. The van der Waals surface area contributed by atoms with E-state index in [1.807, 2.05) is 25.1 Å². The smallest absolute Gasteiger partial charge is 0.120 e. The minimum Gasteiger partial charge on any atom is -0.497 e. The molecule has 0 fully saturated rings. The molecular formula is C13H17ClO. The Morgan fingerprint density at radius 3 is 2.73 bits per heavy atom. The second-order valence-corrected chi connectivity index (χ2v) is 4.07. The Kier molecular flexibility index (Phi) is 4.70. The van der Waals surface area contributed by atoms with Gasteiger partial charge in [0.2, 0.25) is 0 Å². The van der Waals surface area contributed by atoms with E-state index in [1.54, 1.807) is 7.11 Å². The van der Waals surface area contributed by atoms with E-state index in [9.17, 15) is 0 Å². The highest BCUT2D eigenvalue weighted by Crippen LogP contribution is 2.24. The van der Waals surface area contributed by atoms with Crippen LogP contribution in [0.5, 0.6) is 5.75 Å². The number of hydrogen-bond donors (Lipinski definition) is 0. The van der Waals surface area contributed by atoms with Crippen molar-refractivity contribution in [2.24, 2.45) is 5.92 Å². The number of halogens is 1. The SMILES string of the molecule is C/C=C\C(C)Cc1ccc(OC)cc1Cl. The van der Waals surface area contributed by atoms with Crippen molar-refractivity contribution in [2.45, 2.75) is 20.3 Å². The molecule has 82 valence electrons. The highest BCUT2D eigenvalue weighted by Gasteiger charge is 2.05. The quantitative estimate of drug-likeness (QED) is 0.700. The number of ether oxygens (including phenoxy) is 1. The molecule has 0 aromatic heterocycles. The molecule has 1 nitrogen and oxygen atoms in total. The van der Waals surface area contributed by atoms with E-state index >= 15 is 0 Å². The molecule has 0 saturated carbocycles. The molecule has 1 rings (SSSR count). The summed E-state index contributed by atoms with van der Waals surface area (Å²) in [7, 11) is 1.65. The summed E-state index contributed by atoms with van der Waals surface area (Å²) >= 11 is 6.15. The van der Waals surface area contributed by atoms with E-state index in [4.69, 9.17) is 16.3 Å². The van der Waals surface area contributed by atoms with Crippen LogP contribution in [0.1, 0.15) is 19.4 Å². The molecule has 0 saturated heterocycles. The van der Waals surface area contributed by atoms with Gasteiger partial charge in [-0.05, 0) is 37.0 Å². The topological polar surface area (TPSA) is 9.23 Å². The summed E-state index contributed by atoms with van der Waals surface area (Å²) in [6.07, 6.45) is 5.22. The van der Waals surface area contributed by atoms with Gasteiger partial charge in [0.05, 0.1) is 7.11 Å². The maximum atomic E-state index is 6.15. The van der Waals surface area contributed by atoms with Crippen LogP contribution in [0.15, 0.2) is 30.4 Å². The van der Waals surface area contributed by atoms with Crippen LogP contribution in [-0.2, 0) is 6.42 Å². The molecule has 2 heteroatoms. The maximum absolute atomic E-state index is 6.15. The average molecular weight is 225 g/mol. The van der Waals surface area contributed by atoms with E-state index in [-0.39, 0.29) is 0 Å². The molecule has 15 heavy (non-hydrogen) atoms. The molecule has 1 atom stereocenters. The van der Waals surface area contributed by atoms with Crippen LogP contribution >= 0.6 is 11.6 Å². The van der Waals surface area contributed by atoms with Crippen molar-refractivity contribution in [3.05, 3.63) is 40.9 Å². The van der Waals surface area contributed by atoms with Crippen molar-refractivity contribution in [3.8, 4) is 5.75 Å². The molecule has 0 N–H and O–H groups in total. The normalized spacial score (nSPS) is 13.1. The van der Waals surface area contributed by atoms with Gasteiger partial charge in [-0.2, -0.15) is 0 Å². The standard InChI is InChI=1S/C13H17ClO/c1-4-5-10(2)8-11-6-7-12(15-3)9-13(11)14/h4-7,9-10H,8H2,1-3H3/b5-4-. The molecule has 0 heterocycles. The summed E-state index contributed by atoms with van der Waals surface area (Å²) in [5, 5.41) is 0.783. The van der Waals surface area contributed by atoms with Gasteiger partial charge >= 0.3 is 0 Å². The first kappa shape index (κ1) is 12.1. The first-order valence-corrected chi connectivity index (χ1v) is 5.50. The predicted molar refractivity (Wildman–Crippen MR) is 65.7 cm³/mol. The summed E-state index contributed by atoms with van der Waals surface area (Å²) in [6.45, 7) is 4.21. The van der Waals surface area contributed by atoms with Crippen LogP contribution in [0.25, 0.3) is 0 Å². The lowest BCUT2D eigenvalue weighted by Gasteiger charge is -2.09. The third kappa shape index (κ3) is 3.60. The third-order valence-electron chi connectivity index (χ3n) is 2.32. The van der Waals surface area contributed by atoms with Crippen LogP contribution in [0.4, 0.5) is 0 Å². The first-order chi connectivity index (χ1) is 7.17. The van der Waals surface area contributed by atoms with Crippen LogP contribution in [0.3, 0.4) is 0 Å². The van der Waals surface area contributed by atoms with Gasteiger partial charge in [0.1, 0.15) is 5.75 Å². The van der Waals surface area contributed by atoms with Gasteiger partial charge < -0.3 is 4.74 Å². The second-order valence-electron chi connectivity index (χ2n) is 3.66. The summed E-state index contributed by atoms with van der Waals surface area (Å²) < 4.78 is 5.10. The van der Waals surface area contributed by atoms with Crippen LogP contribution in [0.2, 0.25) is 5.02 Å². The summed E-state index contributed by atoms with van der Waals surface area (Å²) in [5.74, 6) is 1.32. The Bertz CT molecular complexity index is 344. The number of benzene rings is 1. The Labute approximate surface area is 96.7 Å². The zero-order chi connectivity index (χ0) is 11.3. The lowest BCUT2D eigenvalue weighted by molar-refractivity contribution is 0.414. The highest BCUT2D eigenvalue weighted by atomic mass is 35.5. The minimum absolute atomic E-state index is 0.515. The predicted octanol–water partition coefficient (Wildman–Crippen LogP) is 4.10. The molecule has 0 aliphatic carbocycles. The molecule has 1 unspecified atom stereocenters. The van der Waals surface area contributed by atoms with Gasteiger partial charge in [-0.25, -0.2) is 0 Å². The van der Waals surface area contributed by atoms with E-state index in [0.29, 0.717) is 5.92 Å². The molecule has 1 aromatic carbocycles. The molecule has 1 aromatic rings. The van der Waals surface area contributed by atoms with Crippen LogP contribution in [-0.4, -0.2) is 7.11 Å². The fourth-order valence-electron chi connectivity index (χ4n) is 1.56. The van der Waals surface area contributed by atoms with E-state index in [2.05, 4.69) is 19.1 Å². The molecule has 0 aliphatic rings. The molecule has 0 radical (unpaired) electrons. The number of rotatable bonds is 4. The van der Waals surface area contributed by atoms with Crippen molar-refractivity contribution in [1.29, 1.82) is 0 Å². The largest absolute Gasteiger partial charge is 0.497 e. The fraction of sp³-hybridized carbons (Fsp3) is 0.385. The van der Waals surface area contributed by atoms with Gasteiger partial charge in [-0.3, -0.25) is 0 Å². The highest BCUT2D eigenvalue weighted by molar-refractivity contribution is 6.31. The molecule has 0 bridgehead atoms. The van der Waals surface area contributed by atoms with Crippen molar-refractivity contribution in [3.63, 3.8) is 0 Å². The van der Waals surface area contributed by atoms with Crippen molar-refractivity contribution >= 4 is 11.6 Å². The van der Waals surface area contributed by atoms with E-state index in [1.165, 1.54) is 5.56 Å². The molecular weight excluding hydrogens is 208 g/mol. The third-order valence-corrected chi connectivity index (χ3v) is 2.67. The zero-order valence-electron chi connectivity index (χ0n) is 9.46. The van der Waals surface area contributed by atoms with E-state index < -0.39 is 0 Å². The summed E-state index contributed by atoms with van der Waals surface area (Å²) in [6, 6.07) is 5.84. The Hall–Kier alpha value is -0.950. The maximum Gasteiger partial charge on any atom is 0.120 e. The average Bonchev–Trinajstić information content (AvgIpc) is 2.21. The second kappa shape index (κ2) is 5.82. The number of allylic oxidation sites excluding steroid dienone is 2. The number of methoxy groups -OCH3 is 1. The van der Waals surface area contributed by atoms with Gasteiger partial charge in [-0.1, -0.05) is 36.7 Å². The zero-order valence-corrected chi connectivity index (χ0v) is 10.2. The van der Waals surface area contributed by atoms with Crippen LogP contribution in [0, 0.1) is 5.92 Å². The van der Waals surface area contributed by atoms with Gasteiger partial charge in [-0.15, -0.1) is 0 Å². The minimum atomic E-state index is 0.515. The van der Waals surface area contributed by atoms with Crippen LogP contribution < -0.4 is 4.74 Å². The van der Waals surface area contributed by atoms with Crippen molar-refractivity contribution in [2.75, 3.05) is 7.11 Å². The first-order valence-electron chi connectivity index (χ1n) is 5.12. The van der Waals surface area contributed by atoms with E-state index in [0.717, 1.165) is 17.2 Å².